The van der Waals surface area contributed by atoms with Crippen molar-refractivity contribution in [1.82, 2.24) is 9.78 Å². The van der Waals surface area contributed by atoms with Crippen LogP contribution in [0.15, 0.2) is 85.1 Å². The van der Waals surface area contributed by atoms with Crippen molar-refractivity contribution < 1.29 is 14.3 Å². The van der Waals surface area contributed by atoms with E-state index in [9.17, 15) is 4.79 Å². The van der Waals surface area contributed by atoms with Crippen LogP contribution in [-0.2, 0) is 0 Å². The number of methoxy groups -OCH3 is 2. The summed E-state index contributed by atoms with van der Waals surface area (Å²) >= 11 is 0. The summed E-state index contributed by atoms with van der Waals surface area (Å²) in [7, 11) is 3.18. The molecule has 0 bridgehead atoms. The zero-order valence-corrected chi connectivity index (χ0v) is 16.7. The molecular weight excluding hydrogens is 378 g/mol. The molecule has 0 radical (unpaired) electrons. The summed E-state index contributed by atoms with van der Waals surface area (Å²) in [4.78, 5) is 13.2. The molecule has 0 saturated heterocycles. The highest BCUT2D eigenvalue weighted by molar-refractivity contribution is 6.08. The van der Waals surface area contributed by atoms with E-state index < -0.39 is 0 Å². The van der Waals surface area contributed by atoms with Gasteiger partial charge in [0, 0.05) is 17.4 Å². The average molecular weight is 399 g/mol. The van der Waals surface area contributed by atoms with Crippen molar-refractivity contribution in [3.05, 3.63) is 90.6 Å². The summed E-state index contributed by atoms with van der Waals surface area (Å²) in [5.41, 5.74) is 3.15. The third-order valence-electron chi connectivity index (χ3n) is 4.67. The molecule has 0 fully saturated rings. The van der Waals surface area contributed by atoms with Crippen molar-refractivity contribution in [2.24, 2.45) is 0 Å². The van der Waals surface area contributed by atoms with Crippen molar-refractivity contribution in [1.29, 1.82) is 0 Å². The Morgan fingerprint density at radius 3 is 2.27 bits per heavy atom. The maximum absolute atomic E-state index is 13.2. The number of hydrogen-bond donors (Lipinski definition) is 1. The van der Waals surface area contributed by atoms with E-state index in [1.807, 2.05) is 66.7 Å². The summed E-state index contributed by atoms with van der Waals surface area (Å²) in [6, 6.07) is 24.4. The Balaban J connectivity index is 1.84. The van der Waals surface area contributed by atoms with E-state index in [0.717, 1.165) is 5.69 Å². The van der Waals surface area contributed by atoms with Crippen molar-refractivity contribution in [3.63, 3.8) is 0 Å². The van der Waals surface area contributed by atoms with Gasteiger partial charge in [-0.25, -0.2) is 4.68 Å². The van der Waals surface area contributed by atoms with Gasteiger partial charge in [0.15, 0.2) is 0 Å². The van der Waals surface area contributed by atoms with Crippen LogP contribution in [0.1, 0.15) is 10.4 Å². The average Bonchev–Trinajstić information content (AvgIpc) is 3.25. The van der Waals surface area contributed by atoms with E-state index in [2.05, 4.69) is 5.32 Å². The Labute approximate surface area is 174 Å². The maximum Gasteiger partial charge on any atom is 0.259 e. The number of amides is 1. The second-order valence-electron chi connectivity index (χ2n) is 6.56. The molecule has 1 heterocycles. The Kier molecular flexibility index (Phi) is 5.48. The van der Waals surface area contributed by atoms with Crippen LogP contribution in [0.5, 0.6) is 11.5 Å². The molecule has 30 heavy (non-hydrogen) atoms. The molecule has 1 N–H and O–H groups in total. The van der Waals surface area contributed by atoms with Gasteiger partial charge >= 0.3 is 0 Å². The van der Waals surface area contributed by atoms with E-state index in [1.54, 1.807) is 37.2 Å². The predicted molar refractivity (Wildman–Crippen MR) is 116 cm³/mol. The molecule has 0 spiro atoms. The van der Waals surface area contributed by atoms with Crippen molar-refractivity contribution >= 4 is 11.6 Å². The smallest absolute Gasteiger partial charge is 0.259 e. The standard InChI is InChI=1S/C24H21N3O3/c1-29-19-13-14-22(30-2)20(15-19)23-21(24(28)25-17-9-5-3-6-10-17)16-27(26-23)18-11-7-4-8-12-18/h3-16H,1-2H3,(H,25,28). The largest absolute Gasteiger partial charge is 0.497 e. The van der Waals surface area contributed by atoms with Crippen LogP contribution in [0.4, 0.5) is 5.69 Å². The fourth-order valence-electron chi connectivity index (χ4n) is 3.17. The highest BCUT2D eigenvalue weighted by atomic mass is 16.5. The molecule has 0 unspecified atom stereocenters. The van der Waals surface area contributed by atoms with E-state index in [0.29, 0.717) is 34.0 Å². The van der Waals surface area contributed by atoms with Gasteiger partial charge in [-0.3, -0.25) is 4.79 Å². The number of ether oxygens (including phenoxy) is 2. The van der Waals surface area contributed by atoms with E-state index in [4.69, 9.17) is 14.6 Å². The number of nitrogens with zero attached hydrogens (tertiary/aromatic N) is 2. The van der Waals surface area contributed by atoms with Crippen LogP contribution in [0.3, 0.4) is 0 Å². The summed E-state index contributed by atoms with van der Waals surface area (Å²) in [6.45, 7) is 0. The Morgan fingerprint density at radius 1 is 0.900 bits per heavy atom. The van der Waals surface area contributed by atoms with Gasteiger partial charge in [0.25, 0.3) is 5.91 Å². The Hall–Kier alpha value is -4.06. The molecule has 3 aromatic carbocycles. The van der Waals surface area contributed by atoms with Gasteiger partial charge in [0.05, 0.1) is 25.5 Å². The number of benzene rings is 3. The first-order valence-electron chi connectivity index (χ1n) is 9.43. The second-order valence-corrected chi connectivity index (χ2v) is 6.56. The fourth-order valence-corrected chi connectivity index (χ4v) is 3.17. The lowest BCUT2D eigenvalue weighted by atomic mass is 10.1. The molecule has 6 nitrogen and oxygen atoms in total. The molecule has 1 aromatic heterocycles. The van der Waals surface area contributed by atoms with Gasteiger partial charge in [-0.2, -0.15) is 5.10 Å². The van der Waals surface area contributed by atoms with Crippen LogP contribution in [-0.4, -0.2) is 29.9 Å². The van der Waals surface area contributed by atoms with Crippen LogP contribution < -0.4 is 14.8 Å². The number of rotatable bonds is 6. The molecule has 0 aliphatic rings. The molecule has 0 aliphatic heterocycles. The lowest BCUT2D eigenvalue weighted by Gasteiger charge is -2.10. The lowest BCUT2D eigenvalue weighted by Crippen LogP contribution is -2.12. The quantitative estimate of drug-likeness (QED) is 0.505. The molecule has 4 aromatic rings. The van der Waals surface area contributed by atoms with Gasteiger partial charge < -0.3 is 14.8 Å². The topological polar surface area (TPSA) is 65.4 Å². The SMILES string of the molecule is COc1ccc(OC)c(-c2nn(-c3ccccc3)cc2C(=O)Nc2ccccc2)c1. The third kappa shape index (κ3) is 3.89. The van der Waals surface area contributed by atoms with E-state index in [1.165, 1.54) is 0 Å². The summed E-state index contributed by atoms with van der Waals surface area (Å²) < 4.78 is 12.6. The zero-order chi connectivity index (χ0) is 20.9. The van der Waals surface area contributed by atoms with Gasteiger partial charge in [-0.15, -0.1) is 0 Å². The molecule has 4 rings (SSSR count). The number of carbonyl (C=O) groups excluding carboxylic acids is 1. The van der Waals surface area contributed by atoms with Crippen molar-refractivity contribution in [3.8, 4) is 28.4 Å². The summed E-state index contributed by atoms with van der Waals surface area (Å²) in [6.07, 6.45) is 1.72. The molecule has 150 valence electrons. The summed E-state index contributed by atoms with van der Waals surface area (Å²) in [5, 5.41) is 7.65. The maximum atomic E-state index is 13.2. The van der Waals surface area contributed by atoms with Crippen LogP contribution in [0.2, 0.25) is 0 Å². The minimum atomic E-state index is -0.261. The number of carbonyl (C=O) groups is 1. The highest BCUT2D eigenvalue weighted by Crippen LogP contribution is 2.35. The Bertz CT molecular complexity index is 1160. The lowest BCUT2D eigenvalue weighted by molar-refractivity contribution is 0.102. The van der Waals surface area contributed by atoms with E-state index >= 15 is 0 Å². The minimum Gasteiger partial charge on any atom is -0.497 e. The molecule has 6 heteroatoms. The first-order valence-corrected chi connectivity index (χ1v) is 9.43. The first-order chi connectivity index (χ1) is 14.7. The van der Waals surface area contributed by atoms with Gasteiger partial charge in [-0.1, -0.05) is 36.4 Å². The van der Waals surface area contributed by atoms with E-state index in [-0.39, 0.29) is 5.91 Å². The normalized spacial score (nSPS) is 10.5. The number of aromatic nitrogens is 2. The van der Waals surface area contributed by atoms with Crippen molar-refractivity contribution in [2.45, 2.75) is 0 Å². The molecule has 0 aliphatic carbocycles. The van der Waals surface area contributed by atoms with Crippen LogP contribution in [0.25, 0.3) is 16.9 Å². The molecule has 0 atom stereocenters. The number of nitrogens with one attached hydrogen (secondary N) is 1. The number of para-hydroxylation sites is 2. The Morgan fingerprint density at radius 2 is 1.60 bits per heavy atom. The number of hydrogen-bond acceptors (Lipinski definition) is 4. The zero-order valence-electron chi connectivity index (χ0n) is 16.7. The monoisotopic (exact) mass is 399 g/mol. The van der Waals surface area contributed by atoms with Crippen LogP contribution >= 0.6 is 0 Å². The molecule has 0 saturated carbocycles. The van der Waals surface area contributed by atoms with Gasteiger partial charge in [-0.05, 0) is 42.5 Å². The number of anilines is 1. The van der Waals surface area contributed by atoms with Crippen molar-refractivity contribution in [2.75, 3.05) is 19.5 Å². The van der Waals surface area contributed by atoms with Gasteiger partial charge in [0.1, 0.15) is 17.2 Å². The predicted octanol–water partition coefficient (Wildman–Crippen LogP) is 4.81. The summed E-state index contributed by atoms with van der Waals surface area (Å²) in [5.74, 6) is 0.987. The third-order valence-corrected chi connectivity index (χ3v) is 4.67. The van der Waals surface area contributed by atoms with Crippen LogP contribution in [0, 0.1) is 0 Å². The second kappa shape index (κ2) is 8.53. The fraction of sp³-hybridized carbons (Fsp3) is 0.0833. The first kappa shape index (κ1) is 19.3. The highest BCUT2D eigenvalue weighted by Gasteiger charge is 2.22. The minimum absolute atomic E-state index is 0.261. The molecular formula is C24H21N3O3. The van der Waals surface area contributed by atoms with Gasteiger partial charge in [0.2, 0.25) is 0 Å². The molecule has 1 amide bonds.